The molecule has 0 unspecified atom stereocenters. The van der Waals surface area contributed by atoms with Crippen LogP contribution < -0.4 is 11.5 Å². The van der Waals surface area contributed by atoms with E-state index < -0.39 is 60.7 Å². The maximum absolute atomic E-state index is 12.9. The molecule has 0 saturated heterocycles. The number of hydrogen-bond acceptors (Lipinski definition) is 4. The van der Waals surface area contributed by atoms with Crippen molar-refractivity contribution in [2.75, 3.05) is 6.54 Å². The van der Waals surface area contributed by atoms with Crippen molar-refractivity contribution in [3.63, 3.8) is 0 Å². The molecule has 5 N–H and O–H groups in total. The second-order valence-corrected chi connectivity index (χ2v) is 6.78. The molecule has 1 aliphatic rings. The molecular formula is C20H22F6N4O5. The Labute approximate surface area is 195 Å². The predicted molar refractivity (Wildman–Crippen MR) is 111 cm³/mol. The monoisotopic (exact) mass is 512 g/mol. The van der Waals surface area contributed by atoms with Crippen molar-refractivity contribution in [1.82, 2.24) is 4.90 Å². The van der Waals surface area contributed by atoms with E-state index in [0.717, 1.165) is 18.2 Å². The van der Waals surface area contributed by atoms with Gasteiger partial charge in [0.1, 0.15) is 6.54 Å². The van der Waals surface area contributed by atoms with Crippen LogP contribution >= 0.6 is 0 Å². The lowest BCUT2D eigenvalue weighted by atomic mass is 9.99. The molecule has 35 heavy (non-hydrogen) atoms. The van der Waals surface area contributed by atoms with Crippen molar-refractivity contribution < 1.29 is 50.6 Å². The Bertz CT molecular complexity index is 1010. The predicted octanol–water partition coefficient (Wildman–Crippen LogP) is 2.81. The molecule has 0 aliphatic carbocycles. The average Bonchev–Trinajstić information content (AvgIpc) is 2.89. The molecule has 194 valence electrons. The molecule has 0 aromatic heterocycles. The number of aliphatic imine (C=N–C) groups is 1. The van der Waals surface area contributed by atoms with Crippen molar-refractivity contribution in [2.24, 2.45) is 16.5 Å². The van der Waals surface area contributed by atoms with E-state index in [9.17, 15) is 45.5 Å². The van der Waals surface area contributed by atoms with Crippen LogP contribution in [-0.2, 0) is 20.6 Å². The number of nitrogens with two attached hydrogens (primary N) is 2. The third-order valence-corrected chi connectivity index (χ3v) is 4.04. The fourth-order valence-corrected chi connectivity index (χ4v) is 2.81. The maximum Gasteiger partial charge on any atom is 0.416 e. The van der Waals surface area contributed by atoms with Gasteiger partial charge in [-0.2, -0.15) is 31.3 Å². The Kier molecular flexibility index (Phi) is 10.6. The third-order valence-electron chi connectivity index (χ3n) is 4.04. The molecule has 1 aliphatic heterocycles. The SMILES string of the molecule is C.CC(=O)/C=C/C(=O)O.NC(N)=NC(=O)C[C@H]1c2cc(C(F)(F)F)ccc2C(=O)N1CC(F)(F)F. The highest BCUT2D eigenvalue weighted by atomic mass is 19.4. The van der Waals surface area contributed by atoms with Gasteiger partial charge in [-0.1, -0.05) is 7.43 Å². The molecule has 9 nitrogen and oxygen atoms in total. The number of carboxylic acids is 1. The Morgan fingerprint density at radius 2 is 1.69 bits per heavy atom. The quantitative estimate of drug-likeness (QED) is 0.237. The number of aliphatic carboxylic acids is 1. The lowest BCUT2D eigenvalue weighted by Gasteiger charge is -2.25. The van der Waals surface area contributed by atoms with Gasteiger partial charge in [-0.05, 0) is 36.8 Å². The number of amides is 2. The lowest BCUT2D eigenvalue weighted by molar-refractivity contribution is -0.145. The van der Waals surface area contributed by atoms with Gasteiger partial charge in [0, 0.05) is 11.6 Å². The van der Waals surface area contributed by atoms with Crippen molar-refractivity contribution in [1.29, 1.82) is 0 Å². The Morgan fingerprint density at radius 1 is 1.11 bits per heavy atom. The van der Waals surface area contributed by atoms with Crippen molar-refractivity contribution in [3.8, 4) is 0 Å². The molecule has 1 aromatic carbocycles. The minimum atomic E-state index is -4.82. The minimum absolute atomic E-state index is 0. The van der Waals surface area contributed by atoms with Gasteiger partial charge in [0.25, 0.3) is 11.8 Å². The molecule has 0 radical (unpaired) electrons. The number of carbonyl (C=O) groups is 4. The fraction of sp³-hybridized carbons (Fsp3) is 0.350. The maximum atomic E-state index is 12.9. The summed E-state index contributed by atoms with van der Waals surface area (Å²) in [5.74, 6) is -4.22. The summed E-state index contributed by atoms with van der Waals surface area (Å²) in [6.07, 6.45) is -8.58. The van der Waals surface area contributed by atoms with Gasteiger partial charge in [-0.15, -0.1) is 0 Å². The van der Waals surface area contributed by atoms with Crippen LogP contribution in [0.1, 0.15) is 48.3 Å². The fourth-order valence-electron chi connectivity index (χ4n) is 2.81. The van der Waals surface area contributed by atoms with Crippen LogP contribution in [0, 0.1) is 0 Å². The van der Waals surface area contributed by atoms with Crippen LogP contribution in [0.15, 0.2) is 35.3 Å². The number of rotatable bonds is 5. The average molecular weight is 512 g/mol. The number of ketones is 1. The molecule has 0 spiro atoms. The first kappa shape index (κ1) is 31.1. The van der Waals surface area contributed by atoms with Gasteiger partial charge in [0.05, 0.1) is 18.0 Å². The first-order valence-electron chi connectivity index (χ1n) is 9.05. The number of fused-ring (bicyclic) bond motifs is 1. The van der Waals surface area contributed by atoms with Crippen LogP contribution in [0.25, 0.3) is 0 Å². The number of guanidine groups is 1. The molecule has 15 heteroatoms. The van der Waals surface area contributed by atoms with E-state index in [4.69, 9.17) is 16.6 Å². The largest absolute Gasteiger partial charge is 0.478 e. The van der Waals surface area contributed by atoms with Crippen LogP contribution in [0.2, 0.25) is 0 Å². The topological polar surface area (TPSA) is 156 Å². The number of carboxylic acid groups (broad SMARTS) is 1. The zero-order valence-electron chi connectivity index (χ0n) is 17.3. The van der Waals surface area contributed by atoms with Crippen LogP contribution in [-0.4, -0.2) is 52.3 Å². The summed E-state index contributed by atoms with van der Waals surface area (Å²) in [7, 11) is 0. The van der Waals surface area contributed by atoms with E-state index in [1.807, 2.05) is 0 Å². The summed E-state index contributed by atoms with van der Waals surface area (Å²) >= 11 is 0. The summed E-state index contributed by atoms with van der Waals surface area (Å²) in [4.78, 5) is 47.0. The Balaban J connectivity index is 0.00000111. The minimum Gasteiger partial charge on any atom is -0.478 e. The van der Waals surface area contributed by atoms with E-state index in [2.05, 4.69) is 4.99 Å². The molecule has 0 bridgehead atoms. The smallest absolute Gasteiger partial charge is 0.416 e. The summed E-state index contributed by atoms with van der Waals surface area (Å²) in [5.41, 5.74) is 8.17. The van der Waals surface area contributed by atoms with E-state index in [-0.39, 0.29) is 29.2 Å². The number of alkyl halides is 6. The third kappa shape index (κ3) is 9.85. The van der Waals surface area contributed by atoms with Crippen LogP contribution in [0.3, 0.4) is 0 Å². The summed E-state index contributed by atoms with van der Waals surface area (Å²) < 4.78 is 77.0. The standard InChI is InChI=1S/C14H12F6N4O2.C5H6O3.CH4/c15-13(16,17)5-24-9(4-10(25)23-12(21)22)8-3-6(14(18,19)20)1-2-7(8)11(24)26;1-4(6)2-3-5(7)8;/h1-3,9H,4-5H2,(H4,21,22,23,25);2-3H,1H3,(H,7,8);1H4/b;3-2+;/t9-;;/m0../s1. The highest BCUT2D eigenvalue weighted by molar-refractivity contribution is 6.00. The first-order chi connectivity index (χ1) is 15.4. The van der Waals surface area contributed by atoms with Gasteiger partial charge in [0.15, 0.2) is 11.7 Å². The first-order valence-corrected chi connectivity index (χ1v) is 9.05. The molecule has 1 atom stereocenters. The molecule has 1 heterocycles. The normalized spacial score (nSPS) is 15.0. The second kappa shape index (κ2) is 12.0. The zero-order valence-corrected chi connectivity index (χ0v) is 17.3. The van der Waals surface area contributed by atoms with Crippen LogP contribution in [0.5, 0.6) is 0 Å². The summed E-state index contributed by atoms with van der Waals surface area (Å²) in [6.45, 7) is -0.443. The molecule has 0 fully saturated rings. The molecule has 1 aromatic rings. The van der Waals surface area contributed by atoms with Gasteiger partial charge >= 0.3 is 18.3 Å². The number of hydrogen-bond donors (Lipinski definition) is 3. The van der Waals surface area contributed by atoms with E-state index in [1.165, 1.54) is 6.92 Å². The molecular weight excluding hydrogens is 490 g/mol. The van der Waals surface area contributed by atoms with E-state index in [1.54, 1.807) is 0 Å². The van der Waals surface area contributed by atoms with E-state index in [0.29, 0.717) is 12.1 Å². The molecule has 2 rings (SSSR count). The number of benzene rings is 1. The van der Waals surface area contributed by atoms with Gasteiger partial charge in [-0.3, -0.25) is 14.4 Å². The van der Waals surface area contributed by atoms with Crippen molar-refractivity contribution >= 4 is 29.5 Å². The van der Waals surface area contributed by atoms with Crippen LogP contribution in [0.4, 0.5) is 26.3 Å². The zero-order chi connectivity index (χ0) is 26.4. The van der Waals surface area contributed by atoms with Gasteiger partial charge in [0.2, 0.25) is 0 Å². The number of allylic oxidation sites excluding steroid dienone is 1. The Morgan fingerprint density at radius 3 is 2.09 bits per heavy atom. The highest BCUT2D eigenvalue weighted by Gasteiger charge is 2.45. The summed E-state index contributed by atoms with van der Waals surface area (Å²) in [5, 5.41) is 7.92. The van der Waals surface area contributed by atoms with Crippen molar-refractivity contribution in [3.05, 3.63) is 47.0 Å². The lowest BCUT2D eigenvalue weighted by Crippen LogP contribution is -2.37. The second-order valence-electron chi connectivity index (χ2n) is 6.78. The molecule has 2 amide bonds. The molecule has 0 saturated carbocycles. The number of halogens is 6. The highest BCUT2D eigenvalue weighted by Crippen LogP contribution is 2.41. The summed E-state index contributed by atoms with van der Waals surface area (Å²) in [6, 6.07) is 0.353. The van der Waals surface area contributed by atoms with Crippen molar-refractivity contribution in [2.45, 2.75) is 39.2 Å². The van der Waals surface area contributed by atoms with E-state index >= 15 is 0 Å². The Hall–Kier alpha value is -3.91. The van der Waals surface area contributed by atoms with Gasteiger partial charge < -0.3 is 21.5 Å². The number of nitrogens with zero attached hydrogens (tertiary/aromatic N) is 2. The van der Waals surface area contributed by atoms with Gasteiger partial charge in [-0.25, -0.2) is 4.79 Å². The number of carbonyl (C=O) groups excluding carboxylic acids is 3.